The van der Waals surface area contributed by atoms with E-state index in [2.05, 4.69) is 9.97 Å². The number of thiophene rings is 1. The summed E-state index contributed by atoms with van der Waals surface area (Å²) < 4.78 is 4.78. The number of hydrogen-bond donors (Lipinski definition) is 0. The van der Waals surface area contributed by atoms with Crippen LogP contribution in [0.5, 0.6) is 0 Å². The highest BCUT2D eigenvalue weighted by molar-refractivity contribution is 8.00. The van der Waals surface area contributed by atoms with Crippen molar-refractivity contribution >= 4 is 45.1 Å². The van der Waals surface area contributed by atoms with E-state index in [-0.39, 0.29) is 12.2 Å². The van der Waals surface area contributed by atoms with Gasteiger partial charge in [0.2, 0.25) is 0 Å². The van der Waals surface area contributed by atoms with Gasteiger partial charge in [-0.3, -0.25) is 9.59 Å². The lowest BCUT2D eigenvalue weighted by Crippen LogP contribution is -2.22. The fourth-order valence-corrected chi connectivity index (χ4v) is 4.85. The summed E-state index contributed by atoms with van der Waals surface area (Å²) in [5, 5.41) is 1.06. The molecule has 0 N–H and O–H groups in total. The summed E-state index contributed by atoms with van der Waals surface area (Å²) in [5.74, 6) is -0.535. The Morgan fingerprint density at radius 2 is 1.92 bits per heavy atom. The summed E-state index contributed by atoms with van der Waals surface area (Å²) in [6, 6.07) is 8.97. The molecule has 1 aromatic carbocycles. The number of aryl methyl sites for hydroxylation is 2. The number of hydrogen-bond acceptors (Lipinski definition) is 7. The van der Waals surface area contributed by atoms with Crippen molar-refractivity contribution in [2.45, 2.75) is 30.5 Å². The minimum absolute atomic E-state index is 0.0114. The molecule has 134 valence electrons. The van der Waals surface area contributed by atoms with Gasteiger partial charge in [0, 0.05) is 15.8 Å². The molecule has 0 amide bonds. The predicted molar refractivity (Wildman–Crippen MR) is 104 cm³/mol. The van der Waals surface area contributed by atoms with Gasteiger partial charge in [0.1, 0.15) is 16.2 Å². The van der Waals surface area contributed by atoms with Gasteiger partial charge < -0.3 is 4.74 Å². The maximum atomic E-state index is 13.0. The molecule has 1 unspecified atom stereocenters. The topological polar surface area (TPSA) is 69.2 Å². The number of Topliss-reactive ketones (excluding diaryl/α,β-unsaturated/α-hetero) is 1. The second-order valence-electron chi connectivity index (χ2n) is 5.76. The molecule has 1 atom stereocenters. The molecule has 0 aliphatic carbocycles. The van der Waals surface area contributed by atoms with Crippen LogP contribution < -0.4 is 0 Å². The molecule has 0 spiro atoms. The average molecular weight is 386 g/mol. The third-order valence-corrected chi connectivity index (χ3v) is 6.43. The van der Waals surface area contributed by atoms with Crippen molar-refractivity contribution < 1.29 is 14.3 Å². The van der Waals surface area contributed by atoms with Crippen LogP contribution in [0.4, 0.5) is 0 Å². The summed E-state index contributed by atoms with van der Waals surface area (Å²) in [4.78, 5) is 35.6. The molecule has 5 nitrogen and oxygen atoms in total. The molecule has 0 fully saturated rings. The first-order valence-corrected chi connectivity index (χ1v) is 9.74. The first kappa shape index (κ1) is 18.5. The van der Waals surface area contributed by atoms with Crippen LogP contribution in [-0.2, 0) is 9.53 Å². The number of carbonyl (C=O) groups excluding carboxylic acids is 2. The first-order valence-electron chi connectivity index (χ1n) is 8.04. The van der Waals surface area contributed by atoms with E-state index in [0.29, 0.717) is 5.56 Å². The van der Waals surface area contributed by atoms with Crippen LogP contribution in [-0.4, -0.2) is 34.1 Å². The first-order chi connectivity index (χ1) is 12.5. The lowest BCUT2D eigenvalue weighted by molar-refractivity contribution is -0.140. The quantitative estimate of drug-likeness (QED) is 0.273. The Hall–Kier alpha value is -2.25. The van der Waals surface area contributed by atoms with Crippen molar-refractivity contribution in [3.05, 3.63) is 52.7 Å². The number of ketones is 1. The van der Waals surface area contributed by atoms with Crippen LogP contribution in [0.25, 0.3) is 10.2 Å². The van der Waals surface area contributed by atoms with Gasteiger partial charge >= 0.3 is 5.97 Å². The molecule has 0 bridgehead atoms. The summed E-state index contributed by atoms with van der Waals surface area (Å²) in [6.07, 6.45) is 1.49. The van der Waals surface area contributed by atoms with Crippen LogP contribution in [0.1, 0.15) is 27.2 Å². The lowest BCUT2D eigenvalue weighted by Gasteiger charge is -2.14. The minimum Gasteiger partial charge on any atom is -0.469 e. The van der Waals surface area contributed by atoms with Gasteiger partial charge in [-0.25, -0.2) is 9.97 Å². The number of fused-ring (bicyclic) bond motifs is 1. The van der Waals surface area contributed by atoms with Crippen molar-refractivity contribution in [3.8, 4) is 0 Å². The monoisotopic (exact) mass is 386 g/mol. The van der Waals surface area contributed by atoms with Gasteiger partial charge in [0.15, 0.2) is 5.78 Å². The van der Waals surface area contributed by atoms with Gasteiger partial charge in [-0.15, -0.1) is 11.3 Å². The van der Waals surface area contributed by atoms with Crippen LogP contribution in [0.2, 0.25) is 0 Å². The van der Waals surface area contributed by atoms with E-state index in [0.717, 1.165) is 20.8 Å². The second kappa shape index (κ2) is 7.97. The molecule has 0 saturated heterocycles. The molecular weight excluding hydrogens is 368 g/mol. The molecule has 3 aromatic rings. The van der Waals surface area contributed by atoms with E-state index in [1.54, 1.807) is 23.5 Å². The number of methoxy groups -OCH3 is 1. The van der Waals surface area contributed by atoms with Crippen LogP contribution in [0.3, 0.4) is 0 Å². The van der Waals surface area contributed by atoms with E-state index < -0.39 is 11.2 Å². The molecular formula is C19H18N2O3S2. The number of esters is 1. The third-order valence-electron chi connectivity index (χ3n) is 4.11. The Bertz CT molecular complexity index is 954. The highest BCUT2D eigenvalue weighted by Crippen LogP contribution is 2.37. The van der Waals surface area contributed by atoms with E-state index >= 15 is 0 Å². The standard InChI is InChI=1S/C19H18N2O3S2/c1-11-12(2)25-18-16(11)19(21-10-20-18)26-14(9-15(22)24-3)17(23)13-7-5-4-6-8-13/h4-8,10,14H,9H2,1-3H3. The molecule has 0 aliphatic rings. The number of rotatable bonds is 6. The Kier molecular flexibility index (Phi) is 5.68. The normalized spacial score (nSPS) is 12.1. The van der Waals surface area contributed by atoms with Crippen molar-refractivity contribution in [2.24, 2.45) is 0 Å². The van der Waals surface area contributed by atoms with Crippen molar-refractivity contribution in [1.29, 1.82) is 0 Å². The van der Waals surface area contributed by atoms with Crippen molar-refractivity contribution in [3.63, 3.8) is 0 Å². The van der Waals surface area contributed by atoms with Crippen LogP contribution in [0, 0.1) is 13.8 Å². The molecule has 2 heterocycles. The van der Waals surface area contributed by atoms with Gasteiger partial charge in [-0.2, -0.15) is 0 Å². The molecule has 2 aromatic heterocycles. The maximum absolute atomic E-state index is 13.0. The van der Waals surface area contributed by atoms with E-state index in [4.69, 9.17) is 4.74 Å². The molecule has 3 rings (SSSR count). The molecule has 26 heavy (non-hydrogen) atoms. The number of thioether (sulfide) groups is 1. The second-order valence-corrected chi connectivity index (χ2v) is 8.15. The highest BCUT2D eigenvalue weighted by atomic mass is 32.2. The van der Waals surface area contributed by atoms with Crippen molar-refractivity contribution in [2.75, 3.05) is 7.11 Å². The fourth-order valence-electron chi connectivity index (χ4n) is 2.59. The summed E-state index contributed by atoms with van der Waals surface area (Å²) >= 11 is 2.90. The zero-order valence-corrected chi connectivity index (χ0v) is 16.3. The smallest absolute Gasteiger partial charge is 0.307 e. The molecule has 7 heteroatoms. The fraction of sp³-hybridized carbons (Fsp3) is 0.263. The highest BCUT2D eigenvalue weighted by Gasteiger charge is 2.27. The summed E-state index contributed by atoms with van der Waals surface area (Å²) in [5.41, 5.74) is 1.68. The Labute approximate surface area is 159 Å². The van der Waals surface area contributed by atoms with Gasteiger partial charge in [0.25, 0.3) is 0 Å². The molecule has 0 aliphatic heterocycles. The SMILES string of the molecule is COC(=O)CC(Sc1ncnc2sc(C)c(C)c12)C(=O)c1ccccc1. The van der Waals surface area contributed by atoms with Gasteiger partial charge in [-0.1, -0.05) is 42.1 Å². The Balaban J connectivity index is 1.98. The van der Waals surface area contributed by atoms with E-state index in [1.807, 2.05) is 32.0 Å². The molecule has 0 saturated carbocycles. The summed E-state index contributed by atoms with van der Waals surface area (Å²) in [6.45, 7) is 4.06. The number of benzene rings is 1. The summed E-state index contributed by atoms with van der Waals surface area (Å²) in [7, 11) is 1.33. The minimum atomic E-state index is -0.609. The number of carbonyl (C=O) groups is 2. The van der Waals surface area contributed by atoms with Crippen molar-refractivity contribution in [1.82, 2.24) is 9.97 Å². The lowest BCUT2D eigenvalue weighted by atomic mass is 10.1. The predicted octanol–water partition coefficient (Wildman–Crippen LogP) is 4.21. The Morgan fingerprint density at radius 1 is 1.19 bits per heavy atom. The number of aromatic nitrogens is 2. The van der Waals surface area contributed by atoms with E-state index in [9.17, 15) is 9.59 Å². The maximum Gasteiger partial charge on any atom is 0.307 e. The van der Waals surface area contributed by atoms with Crippen LogP contribution in [0.15, 0.2) is 41.7 Å². The van der Waals surface area contributed by atoms with Gasteiger partial charge in [-0.05, 0) is 19.4 Å². The third kappa shape index (κ3) is 3.78. The van der Waals surface area contributed by atoms with E-state index in [1.165, 1.54) is 30.1 Å². The zero-order chi connectivity index (χ0) is 18.7. The van der Waals surface area contributed by atoms with Gasteiger partial charge in [0.05, 0.1) is 18.8 Å². The zero-order valence-electron chi connectivity index (χ0n) is 14.7. The molecule has 0 radical (unpaired) electrons. The Morgan fingerprint density at radius 3 is 2.62 bits per heavy atom. The average Bonchev–Trinajstić information content (AvgIpc) is 2.96. The number of ether oxygens (including phenoxy) is 1. The van der Waals surface area contributed by atoms with Crippen LogP contribution >= 0.6 is 23.1 Å². The number of nitrogens with zero attached hydrogens (tertiary/aromatic N) is 2. The largest absolute Gasteiger partial charge is 0.469 e.